The van der Waals surface area contributed by atoms with Crippen LogP contribution in [0.3, 0.4) is 0 Å². The predicted molar refractivity (Wildman–Crippen MR) is 65.9 cm³/mol. The molecule has 1 aliphatic heterocycles. The van der Waals surface area contributed by atoms with Crippen molar-refractivity contribution in [2.75, 3.05) is 19.0 Å². The van der Waals surface area contributed by atoms with E-state index >= 15 is 0 Å². The van der Waals surface area contributed by atoms with E-state index in [9.17, 15) is 9.59 Å². The molecule has 0 spiro atoms. The average Bonchev–Trinajstić information content (AvgIpc) is 2.72. The van der Waals surface area contributed by atoms with Crippen LogP contribution in [0.25, 0.3) is 0 Å². The molecule has 0 aromatic heterocycles. The van der Waals surface area contributed by atoms with Gasteiger partial charge in [0, 0.05) is 12.4 Å². The third kappa shape index (κ3) is 3.61. The quantitative estimate of drug-likeness (QED) is 0.727. The van der Waals surface area contributed by atoms with Crippen LogP contribution in [0.2, 0.25) is 0 Å². The van der Waals surface area contributed by atoms with Gasteiger partial charge in [0.25, 0.3) is 0 Å². The summed E-state index contributed by atoms with van der Waals surface area (Å²) in [4.78, 5) is 24.5. The highest BCUT2D eigenvalue weighted by Gasteiger charge is 2.40. The molecule has 1 saturated heterocycles. The lowest BCUT2D eigenvalue weighted by Gasteiger charge is -2.26. The van der Waals surface area contributed by atoms with Gasteiger partial charge in [-0.05, 0) is 13.3 Å². The molecule has 1 aliphatic rings. The Morgan fingerprint density at radius 2 is 2.18 bits per heavy atom. The van der Waals surface area contributed by atoms with Crippen LogP contribution in [-0.2, 0) is 14.3 Å². The highest BCUT2D eigenvalue weighted by Crippen LogP contribution is 2.31. The van der Waals surface area contributed by atoms with Gasteiger partial charge in [0.15, 0.2) is 0 Å². The highest BCUT2D eigenvalue weighted by molar-refractivity contribution is 8.00. The summed E-state index contributed by atoms with van der Waals surface area (Å²) < 4.78 is 5.13. The molecule has 1 fully saturated rings. The SMILES string of the molecule is CCOCCC(=O)N1C(CC)SCC1C(=O)O. The van der Waals surface area contributed by atoms with Crippen molar-refractivity contribution in [3.8, 4) is 0 Å². The fourth-order valence-electron chi connectivity index (χ4n) is 1.84. The molecule has 0 radical (unpaired) electrons. The first-order valence-electron chi connectivity index (χ1n) is 5.85. The monoisotopic (exact) mass is 261 g/mol. The Morgan fingerprint density at radius 1 is 1.47 bits per heavy atom. The molecule has 6 heteroatoms. The molecule has 1 amide bonds. The van der Waals surface area contributed by atoms with Crippen molar-refractivity contribution in [2.24, 2.45) is 0 Å². The first-order valence-corrected chi connectivity index (χ1v) is 6.90. The summed E-state index contributed by atoms with van der Waals surface area (Å²) in [6.45, 7) is 4.76. The molecular formula is C11H19NO4S. The maximum absolute atomic E-state index is 12.0. The van der Waals surface area contributed by atoms with Gasteiger partial charge in [-0.25, -0.2) is 4.79 Å². The van der Waals surface area contributed by atoms with Crippen molar-refractivity contribution < 1.29 is 19.4 Å². The number of carboxylic acid groups (broad SMARTS) is 1. The van der Waals surface area contributed by atoms with E-state index in [4.69, 9.17) is 9.84 Å². The van der Waals surface area contributed by atoms with Crippen molar-refractivity contribution in [1.29, 1.82) is 0 Å². The number of carbonyl (C=O) groups is 2. The number of aliphatic carboxylic acids is 1. The zero-order valence-electron chi connectivity index (χ0n) is 10.2. The maximum atomic E-state index is 12.0. The van der Waals surface area contributed by atoms with Gasteiger partial charge in [0.05, 0.1) is 18.4 Å². The zero-order valence-corrected chi connectivity index (χ0v) is 11.0. The number of nitrogens with zero attached hydrogens (tertiary/aromatic N) is 1. The van der Waals surface area contributed by atoms with Gasteiger partial charge in [-0.3, -0.25) is 4.79 Å². The number of amides is 1. The number of hydrogen-bond acceptors (Lipinski definition) is 4. The lowest BCUT2D eigenvalue weighted by atomic mass is 10.2. The third-order valence-corrected chi connectivity index (χ3v) is 4.13. The van der Waals surface area contributed by atoms with E-state index < -0.39 is 12.0 Å². The van der Waals surface area contributed by atoms with Crippen LogP contribution in [0.4, 0.5) is 0 Å². The van der Waals surface area contributed by atoms with Crippen LogP contribution in [0.5, 0.6) is 0 Å². The summed E-state index contributed by atoms with van der Waals surface area (Å²) in [6, 6.07) is -0.681. The zero-order chi connectivity index (χ0) is 12.8. The van der Waals surface area contributed by atoms with Crippen LogP contribution in [0.1, 0.15) is 26.7 Å². The molecule has 2 atom stereocenters. The smallest absolute Gasteiger partial charge is 0.327 e. The molecule has 1 N–H and O–H groups in total. The summed E-state index contributed by atoms with van der Waals surface area (Å²) in [5.74, 6) is -0.560. The summed E-state index contributed by atoms with van der Waals surface area (Å²) in [5, 5.41) is 9.07. The van der Waals surface area contributed by atoms with Crippen molar-refractivity contribution in [3.05, 3.63) is 0 Å². The second kappa shape index (κ2) is 6.86. The van der Waals surface area contributed by atoms with Gasteiger partial charge in [-0.1, -0.05) is 6.92 Å². The Hall–Kier alpha value is -0.750. The molecule has 1 rings (SSSR count). The van der Waals surface area contributed by atoms with Crippen LogP contribution in [0, 0.1) is 0 Å². The van der Waals surface area contributed by atoms with Crippen molar-refractivity contribution >= 4 is 23.6 Å². The van der Waals surface area contributed by atoms with Crippen LogP contribution >= 0.6 is 11.8 Å². The number of hydrogen-bond donors (Lipinski definition) is 1. The molecule has 17 heavy (non-hydrogen) atoms. The van der Waals surface area contributed by atoms with Crippen LogP contribution in [-0.4, -0.2) is 52.3 Å². The Kier molecular flexibility index (Phi) is 5.77. The maximum Gasteiger partial charge on any atom is 0.327 e. The largest absolute Gasteiger partial charge is 0.480 e. The van der Waals surface area contributed by atoms with Gasteiger partial charge >= 0.3 is 5.97 Å². The van der Waals surface area contributed by atoms with E-state index in [1.807, 2.05) is 13.8 Å². The summed E-state index contributed by atoms with van der Waals surface area (Å²) in [5.41, 5.74) is 0. The molecule has 0 bridgehead atoms. The Balaban J connectivity index is 2.61. The fourth-order valence-corrected chi connectivity index (χ4v) is 3.20. The molecule has 0 aromatic rings. The lowest BCUT2D eigenvalue weighted by molar-refractivity contribution is -0.149. The number of carboxylic acids is 1. The molecular weight excluding hydrogens is 242 g/mol. The Bertz CT molecular complexity index is 285. The molecule has 2 unspecified atom stereocenters. The van der Waals surface area contributed by atoms with E-state index in [1.54, 1.807) is 0 Å². The highest BCUT2D eigenvalue weighted by atomic mass is 32.2. The molecule has 5 nitrogen and oxygen atoms in total. The van der Waals surface area contributed by atoms with Gasteiger partial charge in [0.2, 0.25) is 5.91 Å². The predicted octanol–water partition coefficient (Wildman–Crippen LogP) is 1.18. The first-order chi connectivity index (χ1) is 8.11. The fraction of sp³-hybridized carbons (Fsp3) is 0.818. The topological polar surface area (TPSA) is 66.8 Å². The minimum atomic E-state index is -0.918. The number of rotatable bonds is 6. The van der Waals surface area contributed by atoms with Gasteiger partial charge in [-0.15, -0.1) is 11.8 Å². The van der Waals surface area contributed by atoms with Gasteiger partial charge in [0.1, 0.15) is 6.04 Å². The first kappa shape index (κ1) is 14.3. The van der Waals surface area contributed by atoms with E-state index in [0.717, 1.165) is 6.42 Å². The minimum Gasteiger partial charge on any atom is -0.480 e. The van der Waals surface area contributed by atoms with Crippen LogP contribution in [0.15, 0.2) is 0 Å². The van der Waals surface area contributed by atoms with Gasteiger partial charge < -0.3 is 14.7 Å². The normalized spacial score (nSPS) is 24.0. The summed E-state index contributed by atoms with van der Waals surface area (Å²) in [6.07, 6.45) is 1.03. The summed E-state index contributed by atoms with van der Waals surface area (Å²) in [7, 11) is 0. The molecule has 0 aliphatic carbocycles. The lowest BCUT2D eigenvalue weighted by Crippen LogP contribution is -2.45. The molecule has 98 valence electrons. The van der Waals surface area contributed by atoms with Crippen molar-refractivity contribution in [1.82, 2.24) is 4.90 Å². The van der Waals surface area contributed by atoms with E-state index in [1.165, 1.54) is 16.7 Å². The third-order valence-electron chi connectivity index (χ3n) is 2.68. The summed E-state index contributed by atoms with van der Waals surface area (Å²) >= 11 is 1.54. The van der Waals surface area contributed by atoms with Gasteiger partial charge in [-0.2, -0.15) is 0 Å². The second-order valence-electron chi connectivity index (χ2n) is 3.80. The Labute approximate surface area is 105 Å². The van der Waals surface area contributed by atoms with Crippen molar-refractivity contribution in [2.45, 2.75) is 38.1 Å². The number of thioether (sulfide) groups is 1. The average molecular weight is 261 g/mol. The van der Waals surface area contributed by atoms with E-state index in [0.29, 0.717) is 19.0 Å². The second-order valence-corrected chi connectivity index (χ2v) is 5.01. The Morgan fingerprint density at radius 3 is 2.71 bits per heavy atom. The molecule has 1 heterocycles. The number of carbonyl (C=O) groups excluding carboxylic acids is 1. The molecule has 0 saturated carbocycles. The number of ether oxygens (including phenoxy) is 1. The van der Waals surface area contributed by atoms with E-state index in [2.05, 4.69) is 0 Å². The standard InChI is InChI=1S/C11H19NO4S/c1-3-10-12(8(7-17-10)11(14)15)9(13)5-6-16-4-2/h8,10H,3-7H2,1-2H3,(H,14,15). The van der Waals surface area contributed by atoms with E-state index in [-0.39, 0.29) is 17.7 Å². The molecule has 0 aromatic carbocycles. The van der Waals surface area contributed by atoms with Crippen molar-refractivity contribution in [3.63, 3.8) is 0 Å². The minimum absolute atomic E-state index is 0.00905. The van der Waals surface area contributed by atoms with Crippen LogP contribution < -0.4 is 0 Å².